The van der Waals surface area contributed by atoms with Crippen LogP contribution >= 0.6 is 0 Å². The summed E-state index contributed by atoms with van der Waals surface area (Å²) in [4.78, 5) is 0. The first-order valence-corrected chi connectivity index (χ1v) is 7.54. The number of rotatable bonds is 5. The van der Waals surface area contributed by atoms with Gasteiger partial charge in [0.15, 0.2) is 0 Å². The summed E-state index contributed by atoms with van der Waals surface area (Å²) < 4.78 is 0. The maximum absolute atomic E-state index is 9.00. The van der Waals surface area contributed by atoms with E-state index >= 15 is 0 Å². The Morgan fingerprint density at radius 3 is 2.18 bits per heavy atom. The van der Waals surface area contributed by atoms with Gasteiger partial charge in [-0.15, -0.1) is 0 Å². The van der Waals surface area contributed by atoms with Crippen LogP contribution in [0.5, 0.6) is 0 Å². The topological polar surface area (TPSA) is 20.2 Å². The zero-order valence-electron chi connectivity index (χ0n) is 12.3. The van der Waals surface area contributed by atoms with Gasteiger partial charge in [-0.2, -0.15) is 0 Å². The summed E-state index contributed by atoms with van der Waals surface area (Å²) in [5.41, 5.74) is 0.510. The SMILES string of the molecule is CC(CO)CCCC1CCC(C(C)(C)C)CC1. The Balaban J connectivity index is 2.15. The molecule has 1 unspecified atom stereocenters. The molecule has 1 rings (SSSR count). The van der Waals surface area contributed by atoms with Crippen LogP contribution in [-0.4, -0.2) is 11.7 Å². The molecule has 0 spiro atoms. The van der Waals surface area contributed by atoms with Gasteiger partial charge in [0.05, 0.1) is 0 Å². The van der Waals surface area contributed by atoms with Crippen molar-refractivity contribution in [3.05, 3.63) is 0 Å². The van der Waals surface area contributed by atoms with Crippen molar-refractivity contribution >= 4 is 0 Å². The average Bonchev–Trinajstić information content (AvgIpc) is 2.28. The lowest BCUT2D eigenvalue weighted by Crippen LogP contribution is -2.25. The van der Waals surface area contributed by atoms with Gasteiger partial charge >= 0.3 is 0 Å². The molecule has 1 fully saturated rings. The smallest absolute Gasteiger partial charge is 0.0456 e. The fraction of sp³-hybridized carbons (Fsp3) is 1.00. The van der Waals surface area contributed by atoms with Crippen LogP contribution in [0.1, 0.15) is 72.6 Å². The average molecular weight is 240 g/mol. The second kappa shape index (κ2) is 6.78. The first-order chi connectivity index (χ1) is 7.93. The third-order valence-electron chi connectivity index (χ3n) is 4.69. The normalized spacial score (nSPS) is 28.1. The molecule has 0 aromatic rings. The second-order valence-electron chi connectivity index (χ2n) is 7.30. The van der Waals surface area contributed by atoms with E-state index in [9.17, 15) is 0 Å². The Morgan fingerprint density at radius 2 is 1.71 bits per heavy atom. The Hall–Kier alpha value is -0.0400. The van der Waals surface area contributed by atoms with Gasteiger partial charge in [-0.1, -0.05) is 53.4 Å². The lowest BCUT2D eigenvalue weighted by atomic mass is 9.69. The van der Waals surface area contributed by atoms with Crippen molar-refractivity contribution in [2.75, 3.05) is 6.61 Å². The molecule has 1 aliphatic carbocycles. The predicted octanol–water partition coefficient (Wildman–Crippen LogP) is 4.64. The van der Waals surface area contributed by atoms with Crippen molar-refractivity contribution in [1.82, 2.24) is 0 Å². The molecule has 0 bridgehead atoms. The minimum atomic E-state index is 0.358. The minimum absolute atomic E-state index is 0.358. The maximum Gasteiger partial charge on any atom is 0.0456 e. The third-order valence-corrected chi connectivity index (χ3v) is 4.69. The van der Waals surface area contributed by atoms with Gasteiger partial charge in [0.25, 0.3) is 0 Å². The summed E-state index contributed by atoms with van der Waals surface area (Å²) in [5, 5.41) is 9.00. The monoisotopic (exact) mass is 240 g/mol. The second-order valence-corrected chi connectivity index (χ2v) is 7.30. The third kappa shape index (κ3) is 5.42. The van der Waals surface area contributed by atoms with Crippen molar-refractivity contribution < 1.29 is 5.11 Å². The van der Waals surface area contributed by atoms with Crippen molar-refractivity contribution in [3.8, 4) is 0 Å². The summed E-state index contributed by atoms with van der Waals surface area (Å²) in [6, 6.07) is 0. The van der Waals surface area contributed by atoms with E-state index in [0.717, 1.165) is 11.8 Å². The van der Waals surface area contributed by atoms with Crippen molar-refractivity contribution in [2.24, 2.45) is 23.2 Å². The summed E-state index contributed by atoms with van der Waals surface area (Å²) in [6.45, 7) is 9.68. The van der Waals surface area contributed by atoms with Gasteiger partial charge in [0.1, 0.15) is 0 Å². The quantitative estimate of drug-likeness (QED) is 0.742. The minimum Gasteiger partial charge on any atom is -0.396 e. The van der Waals surface area contributed by atoms with Gasteiger partial charge in [0.2, 0.25) is 0 Å². The molecule has 0 aliphatic heterocycles. The Kier molecular flexibility index (Phi) is 5.99. The predicted molar refractivity (Wildman–Crippen MR) is 75.0 cm³/mol. The molecule has 0 aromatic heterocycles. The van der Waals surface area contributed by atoms with E-state index in [1.807, 2.05) is 0 Å². The van der Waals surface area contributed by atoms with Crippen LogP contribution in [0.25, 0.3) is 0 Å². The molecule has 102 valence electrons. The van der Waals surface area contributed by atoms with E-state index in [0.29, 0.717) is 17.9 Å². The molecule has 1 atom stereocenters. The molecule has 1 nitrogen and oxygen atoms in total. The van der Waals surface area contributed by atoms with Crippen LogP contribution in [0.3, 0.4) is 0 Å². The Morgan fingerprint density at radius 1 is 1.12 bits per heavy atom. The lowest BCUT2D eigenvalue weighted by molar-refractivity contribution is 0.143. The highest BCUT2D eigenvalue weighted by atomic mass is 16.3. The molecule has 0 amide bonds. The molecule has 0 heterocycles. The zero-order valence-corrected chi connectivity index (χ0v) is 12.3. The lowest BCUT2D eigenvalue weighted by Gasteiger charge is -2.37. The first kappa shape index (κ1) is 15.0. The van der Waals surface area contributed by atoms with Crippen molar-refractivity contribution in [2.45, 2.75) is 72.6 Å². The summed E-state index contributed by atoms with van der Waals surface area (Å²) in [6.07, 6.45) is 9.65. The Labute approximate surface area is 108 Å². The standard InChI is InChI=1S/C16H32O/c1-13(12-17)6-5-7-14-8-10-15(11-9-14)16(2,3)4/h13-15,17H,5-12H2,1-4H3. The van der Waals surface area contributed by atoms with Crippen molar-refractivity contribution in [1.29, 1.82) is 0 Å². The molecular weight excluding hydrogens is 208 g/mol. The van der Waals surface area contributed by atoms with Crippen LogP contribution in [0.15, 0.2) is 0 Å². The van der Waals surface area contributed by atoms with Crippen molar-refractivity contribution in [3.63, 3.8) is 0 Å². The number of hydrogen-bond donors (Lipinski definition) is 1. The first-order valence-electron chi connectivity index (χ1n) is 7.54. The van der Waals surface area contributed by atoms with E-state index in [-0.39, 0.29) is 0 Å². The molecule has 1 saturated carbocycles. The number of aliphatic hydroxyl groups excluding tert-OH is 1. The van der Waals surface area contributed by atoms with Gasteiger partial charge in [-0.3, -0.25) is 0 Å². The molecule has 0 aromatic carbocycles. The largest absolute Gasteiger partial charge is 0.396 e. The van der Waals surface area contributed by atoms with E-state index in [1.54, 1.807) is 0 Å². The number of hydrogen-bond acceptors (Lipinski definition) is 1. The van der Waals surface area contributed by atoms with Gasteiger partial charge in [-0.05, 0) is 42.4 Å². The van der Waals surface area contributed by atoms with Crippen LogP contribution in [0, 0.1) is 23.2 Å². The van der Waals surface area contributed by atoms with Crippen LogP contribution < -0.4 is 0 Å². The highest BCUT2D eigenvalue weighted by Gasteiger charge is 2.29. The molecule has 1 aliphatic rings. The van der Waals surface area contributed by atoms with Gasteiger partial charge in [0, 0.05) is 6.61 Å². The van der Waals surface area contributed by atoms with E-state index < -0.39 is 0 Å². The zero-order chi connectivity index (χ0) is 12.9. The van der Waals surface area contributed by atoms with E-state index in [4.69, 9.17) is 5.11 Å². The molecule has 1 heteroatoms. The van der Waals surface area contributed by atoms with Gasteiger partial charge in [-0.25, -0.2) is 0 Å². The maximum atomic E-state index is 9.00. The number of aliphatic hydroxyl groups is 1. The molecular formula is C16H32O. The molecule has 1 N–H and O–H groups in total. The van der Waals surface area contributed by atoms with Crippen LogP contribution in [0.4, 0.5) is 0 Å². The summed E-state index contributed by atoms with van der Waals surface area (Å²) >= 11 is 0. The molecule has 0 radical (unpaired) electrons. The van der Waals surface area contributed by atoms with Gasteiger partial charge < -0.3 is 5.11 Å². The highest BCUT2D eigenvalue weighted by molar-refractivity contribution is 4.80. The fourth-order valence-electron chi connectivity index (χ4n) is 3.16. The Bertz CT molecular complexity index is 196. The fourth-order valence-corrected chi connectivity index (χ4v) is 3.16. The summed E-state index contributed by atoms with van der Waals surface area (Å²) in [7, 11) is 0. The van der Waals surface area contributed by atoms with Crippen LogP contribution in [0.2, 0.25) is 0 Å². The highest BCUT2D eigenvalue weighted by Crippen LogP contribution is 2.41. The van der Waals surface area contributed by atoms with Crippen LogP contribution in [-0.2, 0) is 0 Å². The van der Waals surface area contributed by atoms with E-state index in [1.165, 1.54) is 44.9 Å². The van der Waals surface area contributed by atoms with E-state index in [2.05, 4.69) is 27.7 Å². The molecule has 17 heavy (non-hydrogen) atoms. The summed E-state index contributed by atoms with van der Waals surface area (Å²) in [5.74, 6) is 2.41. The molecule has 0 saturated heterocycles.